The third-order valence-electron chi connectivity index (χ3n) is 1.98. The van der Waals surface area contributed by atoms with Crippen LogP contribution in [-0.2, 0) is 0 Å². The lowest BCUT2D eigenvalue weighted by molar-refractivity contribution is -0.0487. The van der Waals surface area contributed by atoms with Gasteiger partial charge in [0.15, 0.2) is 0 Å². The topological polar surface area (TPSA) is 48.1 Å². The summed E-state index contributed by atoms with van der Waals surface area (Å²) in [4.78, 5) is 4.00. The fraction of sp³-hybridized carbons (Fsp3) is 0.100. The van der Waals surface area contributed by atoms with E-state index in [-0.39, 0.29) is 5.75 Å². The van der Waals surface area contributed by atoms with Crippen LogP contribution in [0.25, 0.3) is 10.9 Å². The molecule has 0 aliphatic carbocycles. The van der Waals surface area contributed by atoms with E-state index < -0.39 is 6.61 Å². The van der Waals surface area contributed by atoms with Crippen molar-refractivity contribution < 1.29 is 13.5 Å². The lowest BCUT2D eigenvalue weighted by Gasteiger charge is -2.08. The fourth-order valence-corrected chi connectivity index (χ4v) is 1.37. The van der Waals surface area contributed by atoms with Crippen LogP contribution in [0.1, 0.15) is 0 Å². The van der Waals surface area contributed by atoms with Crippen molar-refractivity contribution in [3.8, 4) is 5.75 Å². The molecule has 0 saturated heterocycles. The number of alkyl halides is 2. The van der Waals surface area contributed by atoms with Gasteiger partial charge in [0.05, 0.1) is 11.2 Å². The second-order valence-corrected chi connectivity index (χ2v) is 2.93. The van der Waals surface area contributed by atoms with Gasteiger partial charge in [-0.2, -0.15) is 8.78 Å². The highest BCUT2D eigenvalue weighted by molar-refractivity contribution is 5.93. The number of ether oxygens (including phenoxy) is 1. The summed E-state index contributed by atoms with van der Waals surface area (Å²) in [6, 6.07) is 6.18. The molecule has 2 N–H and O–H groups in total. The van der Waals surface area contributed by atoms with Crippen LogP contribution in [0.5, 0.6) is 5.75 Å². The lowest BCUT2D eigenvalue weighted by Crippen LogP contribution is -2.03. The zero-order valence-electron chi connectivity index (χ0n) is 7.65. The fourth-order valence-electron chi connectivity index (χ4n) is 1.37. The summed E-state index contributed by atoms with van der Waals surface area (Å²) >= 11 is 0. The van der Waals surface area contributed by atoms with Gasteiger partial charge in [-0.25, -0.2) is 0 Å². The molecule has 0 radical (unpaired) electrons. The number of fused-ring (bicyclic) bond motifs is 1. The Balaban J connectivity index is 2.61. The molecule has 0 bridgehead atoms. The monoisotopic (exact) mass is 210 g/mol. The molecule has 0 unspecified atom stereocenters. The first-order valence-electron chi connectivity index (χ1n) is 4.26. The molecule has 1 aromatic carbocycles. The number of anilines is 1. The van der Waals surface area contributed by atoms with Gasteiger partial charge in [0.2, 0.25) is 0 Å². The zero-order chi connectivity index (χ0) is 10.8. The maximum atomic E-state index is 12.1. The number of hydrogen-bond acceptors (Lipinski definition) is 3. The highest BCUT2D eigenvalue weighted by Crippen LogP contribution is 2.29. The summed E-state index contributed by atoms with van der Waals surface area (Å²) in [6.07, 6.45) is 1.55. The molecule has 0 spiro atoms. The van der Waals surface area contributed by atoms with Crippen molar-refractivity contribution in [1.29, 1.82) is 0 Å². The Bertz CT molecular complexity index is 488. The van der Waals surface area contributed by atoms with Gasteiger partial charge in [-0.3, -0.25) is 4.98 Å². The number of nitrogens with zero attached hydrogens (tertiary/aromatic N) is 1. The van der Waals surface area contributed by atoms with Gasteiger partial charge < -0.3 is 10.5 Å². The molecule has 0 atom stereocenters. The first-order valence-corrected chi connectivity index (χ1v) is 4.26. The van der Waals surface area contributed by atoms with Crippen LogP contribution in [0.2, 0.25) is 0 Å². The molecule has 3 nitrogen and oxygen atoms in total. The predicted molar refractivity (Wildman–Crippen MR) is 52.8 cm³/mol. The maximum Gasteiger partial charge on any atom is 0.387 e. The van der Waals surface area contributed by atoms with Crippen molar-refractivity contribution in [3.63, 3.8) is 0 Å². The van der Waals surface area contributed by atoms with Gasteiger partial charge in [0, 0.05) is 11.6 Å². The molecule has 0 saturated carbocycles. The van der Waals surface area contributed by atoms with Crippen LogP contribution in [-0.4, -0.2) is 11.6 Å². The number of nitrogens with two attached hydrogens (primary N) is 1. The molecule has 0 aliphatic heterocycles. The number of hydrogen-bond donors (Lipinski definition) is 1. The molecule has 2 rings (SSSR count). The highest BCUT2D eigenvalue weighted by Gasteiger charge is 2.09. The quantitative estimate of drug-likeness (QED) is 0.774. The van der Waals surface area contributed by atoms with E-state index in [4.69, 9.17) is 5.73 Å². The van der Waals surface area contributed by atoms with E-state index in [9.17, 15) is 8.78 Å². The summed E-state index contributed by atoms with van der Waals surface area (Å²) in [5.74, 6) is 0.0855. The van der Waals surface area contributed by atoms with Crippen LogP contribution in [0, 0.1) is 0 Å². The Labute approximate surface area is 84.5 Å². The molecule has 1 aromatic heterocycles. The molecule has 0 fully saturated rings. The summed E-state index contributed by atoms with van der Waals surface area (Å²) in [5, 5.41) is 0.484. The summed E-state index contributed by atoms with van der Waals surface area (Å²) in [7, 11) is 0. The molecular weight excluding hydrogens is 202 g/mol. The molecule has 78 valence electrons. The molecule has 1 heterocycles. The standard InChI is InChI=1S/C10H8F2N2O/c11-10(12)15-8-4-3-7(13)9-6(8)2-1-5-14-9/h1-5,10H,13H2. The van der Waals surface area contributed by atoms with E-state index >= 15 is 0 Å². The Kier molecular flexibility index (Phi) is 2.37. The molecule has 2 aromatic rings. The van der Waals surface area contributed by atoms with Crippen molar-refractivity contribution in [1.82, 2.24) is 4.98 Å². The van der Waals surface area contributed by atoms with Crippen molar-refractivity contribution in [2.45, 2.75) is 6.61 Å². The molecule has 0 aliphatic rings. The minimum atomic E-state index is -2.85. The third kappa shape index (κ3) is 1.81. The van der Waals surface area contributed by atoms with Crippen molar-refractivity contribution in [3.05, 3.63) is 30.5 Å². The zero-order valence-corrected chi connectivity index (χ0v) is 7.65. The largest absolute Gasteiger partial charge is 0.434 e. The van der Waals surface area contributed by atoms with E-state index in [0.29, 0.717) is 16.6 Å². The van der Waals surface area contributed by atoms with Gasteiger partial charge in [0.25, 0.3) is 0 Å². The van der Waals surface area contributed by atoms with Crippen LogP contribution in [0.15, 0.2) is 30.5 Å². The van der Waals surface area contributed by atoms with Gasteiger partial charge in [-0.05, 0) is 24.3 Å². The average molecular weight is 210 g/mol. The second kappa shape index (κ2) is 3.68. The Morgan fingerprint density at radius 3 is 2.80 bits per heavy atom. The maximum absolute atomic E-state index is 12.1. The molecular formula is C10H8F2N2O. The van der Waals surface area contributed by atoms with Gasteiger partial charge in [-0.1, -0.05) is 0 Å². The number of halogens is 2. The van der Waals surface area contributed by atoms with Crippen LogP contribution in [0.4, 0.5) is 14.5 Å². The van der Waals surface area contributed by atoms with E-state index in [1.165, 1.54) is 12.1 Å². The average Bonchev–Trinajstić information content (AvgIpc) is 2.22. The minimum Gasteiger partial charge on any atom is -0.434 e. The Morgan fingerprint density at radius 2 is 2.07 bits per heavy atom. The second-order valence-electron chi connectivity index (χ2n) is 2.93. The first-order chi connectivity index (χ1) is 7.18. The predicted octanol–water partition coefficient (Wildman–Crippen LogP) is 2.42. The van der Waals surface area contributed by atoms with E-state index in [2.05, 4.69) is 9.72 Å². The van der Waals surface area contributed by atoms with E-state index in [1.54, 1.807) is 18.3 Å². The molecule has 5 heteroatoms. The number of aromatic nitrogens is 1. The van der Waals surface area contributed by atoms with Crippen LogP contribution >= 0.6 is 0 Å². The van der Waals surface area contributed by atoms with Crippen molar-refractivity contribution in [2.75, 3.05) is 5.73 Å². The van der Waals surface area contributed by atoms with E-state index in [1.807, 2.05) is 0 Å². The van der Waals surface area contributed by atoms with Crippen LogP contribution in [0.3, 0.4) is 0 Å². The van der Waals surface area contributed by atoms with Crippen molar-refractivity contribution >= 4 is 16.6 Å². The number of rotatable bonds is 2. The normalized spacial score (nSPS) is 10.9. The number of benzene rings is 1. The summed E-state index contributed by atoms with van der Waals surface area (Å²) in [6.45, 7) is -2.85. The highest BCUT2D eigenvalue weighted by atomic mass is 19.3. The van der Waals surface area contributed by atoms with Crippen molar-refractivity contribution in [2.24, 2.45) is 0 Å². The summed E-state index contributed by atoms with van der Waals surface area (Å²) < 4.78 is 28.5. The van der Waals surface area contributed by atoms with E-state index in [0.717, 1.165) is 0 Å². The number of nitrogen functional groups attached to an aromatic ring is 1. The van der Waals surface area contributed by atoms with Gasteiger partial charge >= 0.3 is 6.61 Å². The molecule has 0 amide bonds. The third-order valence-corrected chi connectivity index (χ3v) is 1.98. The lowest BCUT2D eigenvalue weighted by atomic mass is 10.2. The first kappa shape index (κ1) is 9.64. The number of pyridine rings is 1. The minimum absolute atomic E-state index is 0.0855. The SMILES string of the molecule is Nc1ccc(OC(F)F)c2cccnc12. The van der Waals surface area contributed by atoms with Crippen LogP contribution < -0.4 is 10.5 Å². The smallest absolute Gasteiger partial charge is 0.387 e. The Hall–Kier alpha value is -1.91. The van der Waals surface area contributed by atoms with Gasteiger partial charge in [0.1, 0.15) is 5.75 Å². The molecule has 15 heavy (non-hydrogen) atoms. The summed E-state index contributed by atoms with van der Waals surface area (Å²) in [5.41, 5.74) is 6.56. The Morgan fingerprint density at radius 1 is 1.27 bits per heavy atom. The van der Waals surface area contributed by atoms with Gasteiger partial charge in [-0.15, -0.1) is 0 Å².